The molecule has 3 nitrogen and oxygen atoms in total. The molecule has 1 N–H and O–H groups in total. The molecule has 0 aliphatic carbocycles. The van der Waals surface area contributed by atoms with Crippen LogP contribution in [0.25, 0.3) is 10.9 Å². The lowest BCUT2D eigenvalue weighted by Gasteiger charge is -2.19. The third-order valence-electron chi connectivity index (χ3n) is 3.60. The molecule has 0 spiro atoms. The summed E-state index contributed by atoms with van der Waals surface area (Å²) in [5.41, 5.74) is 1.64. The van der Waals surface area contributed by atoms with Gasteiger partial charge in [0.1, 0.15) is 5.54 Å². The number of aliphatic hydroxyl groups is 1. The number of nitrogens with zero attached hydrogens (tertiary/aromatic N) is 2. The standard InChI is InChI=1S/C16H19BrN2O/c1-11(9-20)6-12-8-19(16(2,3)10-18)15-5-4-13(17)7-14(12)15/h4-5,7-8,11,20H,6,9H2,1-3H3. The highest BCUT2D eigenvalue weighted by atomic mass is 79.9. The number of nitriles is 1. The third kappa shape index (κ3) is 2.74. The molecule has 0 saturated heterocycles. The van der Waals surface area contributed by atoms with E-state index in [1.165, 1.54) is 5.56 Å². The fourth-order valence-corrected chi connectivity index (χ4v) is 2.75. The molecule has 0 saturated carbocycles. The van der Waals surface area contributed by atoms with Gasteiger partial charge >= 0.3 is 0 Å². The monoisotopic (exact) mass is 334 g/mol. The number of fused-ring (bicyclic) bond motifs is 1. The van der Waals surface area contributed by atoms with E-state index in [0.717, 1.165) is 21.8 Å². The normalized spacial score (nSPS) is 13.4. The van der Waals surface area contributed by atoms with Crippen LogP contribution in [-0.2, 0) is 12.0 Å². The van der Waals surface area contributed by atoms with E-state index in [1.54, 1.807) is 0 Å². The average Bonchev–Trinajstić information content (AvgIpc) is 2.77. The lowest BCUT2D eigenvalue weighted by molar-refractivity contribution is 0.237. The Morgan fingerprint density at radius 3 is 2.75 bits per heavy atom. The summed E-state index contributed by atoms with van der Waals surface area (Å²) in [4.78, 5) is 0. The maximum Gasteiger partial charge on any atom is 0.126 e. The van der Waals surface area contributed by atoms with Crippen LogP contribution >= 0.6 is 15.9 Å². The van der Waals surface area contributed by atoms with Gasteiger partial charge in [0.05, 0.1) is 6.07 Å². The number of aromatic nitrogens is 1. The van der Waals surface area contributed by atoms with Gasteiger partial charge < -0.3 is 9.67 Å². The number of hydrogen-bond donors (Lipinski definition) is 1. The molecular formula is C16H19BrN2O. The highest BCUT2D eigenvalue weighted by molar-refractivity contribution is 9.10. The number of rotatable bonds is 4. The van der Waals surface area contributed by atoms with E-state index >= 15 is 0 Å². The van der Waals surface area contributed by atoms with Gasteiger partial charge in [-0.2, -0.15) is 5.26 Å². The van der Waals surface area contributed by atoms with E-state index in [4.69, 9.17) is 0 Å². The van der Waals surface area contributed by atoms with Crippen LogP contribution in [0, 0.1) is 17.2 Å². The SMILES string of the molecule is CC(CO)Cc1cn(C(C)(C)C#N)c2ccc(Br)cc12. The minimum absolute atomic E-state index is 0.169. The van der Waals surface area contributed by atoms with Gasteiger partial charge in [-0.05, 0) is 49.9 Å². The molecule has 2 aromatic rings. The Kier molecular flexibility index (Phi) is 4.22. The van der Waals surface area contributed by atoms with Gasteiger partial charge in [0, 0.05) is 28.2 Å². The highest BCUT2D eigenvalue weighted by Crippen LogP contribution is 2.31. The second-order valence-corrected chi connectivity index (χ2v) is 6.76. The first-order chi connectivity index (χ1) is 9.39. The van der Waals surface area contributed by atoms with Gasteiger partial charge in [0.15, 0.2) is 0 Å². The molecule has 1 aromatic heterocycles. The van der Waals surface area contributed by atoms with Crippen LogP contribution in [0.15, 0.2) is 28.9 Å². The lowest BCUT2D eigenvalue weighted by Crippen LogP contribution is -2.22. The molecule has 1 unspecified atom stereocenters. The van der Waals surface area contributed by atoms with Gasteiger partial charge in [-0.1, -0.05) is 22.9 Å². The van der Waals surface area contributed by atoms with E-state index in [2.05, 4.69) is 28.1 Å². The maximum absolute atomic E-state index is 9.38. The Labute approximate surface area is 128 Å². The minimum atomic E-state index is -0.590. The predicted molar refractivity (Wildman–Crippen MR) is 84.5 cm³/mol. The molecular weight excluding hydrogens is 316 g/mol. The maximum atomic E-state index is 9.38. The van der Waals surface area contributed by atoms with Crippen molar-refractivity contribution < 1.29 is 5.11 Å². The fraction of sp³-hybridized carbons (Fsp3) is 0.438. The molecule has 1 aromatic carbocycles. The van der Waals surface area contributed by atoms with Gasteiger partial charge in [-0.15, -0.1) is 0 Å². The van der Waals surface area contributed by atoms with Crippen LogP contribution < -0.4 is 0 Å². The minimum Gasteiger partial charge on any atom is -0.396 e. The van der Waals surface area contributed by atoms with Crippen LogP contribution in [0.3, 0.4) is 0 Å². The summed E-state index contributed by atoms with van der Waals surface area (Å²) in [5, 5.41) is 19.8. The van der Waals surface area contributed by atoms with Crippen LogP contribution in [-0.4, -0.2) is 16.3 Å². The zero-order chi connectivity index (χ0) is 14.9. The zero-order valence-electron chi connectivity index (χ0n) is 12.0. The molecule has 4 heteroatoms. The molecule has 0 radical (unpaired) electrons. The van der Waals surface area contributed by atoms with E-state index < -0.39 is 5.54 Å². The Hall–Kier alpha value is -1.31. The second kappa shape index (κ2) is 5.59. The molecule has 0 amide bonds. The molecule has 1 heterocycles. The van der Waals surface area contributed by atoms with E-state index in [1.807, 2.05) is 43.7 Å². The average molecular weight is 335 g/mol. The number of halogens is 1. The molecule has 20 heavy (non-hydrogen) atoms. The van der Waals surface area contributed by atoms with Gasteiger partial charge in [-0.25, -0.2) is 0 Å². The van der Waals surface area contributed by atoms with Crippen LogP contribution in [0.2, 0.25) is 0 Å². The van der Waals surface area contributed by atoms with E-state index in [0.29, 0.717) is 0 Å². The van der Waals surface area contributed by atoms with Crippen LogP contribution in [0.4, 0.5) is 0 Å². The van der Waals surface area contributed by atoms with Crippen LogP contribution in [0.5, 0.6) is 0 Å². The van der Waals surface area contributed by atoms with Crippen molar-refractivity contribution in [2.75, 3.05) is 6.61 Å². The molecule has 0 bridgehead atoms. The summed E-state index contributed by atoms with van der Waals surface area (Å²) in [6, 6.07) is 8.45. The second-order valence-electron chi connectivity index (χ2n) is 5.85. The van der Waals surface area contributed by atoms with Gasteiger partial charge in [-0.3, -0.25) is 0 Å². The van der Waals surface area contributed by atoms with Crippen molar-refractivity contribution in [3.05, 3.63) is 34.4 Å². The Morgan fingerprint density at radius 2 is 2.15 bits per heavy atom. The largest absolute Gasteiger partial charge is 0.396 e. The van der Waals surface area contributed by atoms with Crippen molar-refractivity contribution in [2.45, 2.75) is 32.7 Å². The Balaban J connectivity index is 2.64. The lowest BCUT2D eigenvalue weighted by atomic mass is 10.0. The molecule has 106 valence electrons. The van der Waals surface area contributed by atoms with Crippen molar-refractivity contribution in [3.63, 3.8) is 0 Å². The van der Waals surface area contributed by atoms with Gasteiger partial charge in [0.25, 0.3) is 0 Å². The first kappa shape index (κ1) is 15.1. The van der Waals surface area contributed by atoms with Crippen molar-refractivity contribution in [1.29, 1.82) is 5.26 Å². The predicted octanol–water partition coefficient (Wildman–Crippen LogP) is 3.83. The number of hydrogen-bond acceptors (Lipinski definition) is 2. The summed E-state index contributed by atoms with van der Waals surface area (Å²) >= 11 is 3.50. The molecule has 1 atom stereocenters. The third-order valence-corrected chi connectivity index (χ3v) is 4.10. The highest BCUT2D eigenvalue weighted by Gasteiger charge is 2.23. The topological polar surface area (TPSA) is 49.0 Å². The van der Waals surface area contributed by atoms with Crippen molar-refractivity contribution in [3.8, 4) is 6.07 Å². The Bertz CT molecular complexity index is 667. The van der Waals surface area contributed by atoms with Gasteiger partial charge in [0.2, 0.25) is 0 Å². The van der Waals surface area contributed by atoms with Crippen LogP contribution in [0.1, 0.15) is 26.3 Å². The van der Waals surface area contributed by atoms with Crippen molar-refractivity contribution in [1.82, 2.24) is 4.57 Å². The molecule has 0 aliphatic rings. The summed E-state index contributed by atoms with van der Waals surface area (Å²) in [6.45, 7) is 6.01. The fourth-order valence-electron chi connectivity index (χ4n) is 2.39. The smallest absolute Gasteiger partial charge is 0.126 e. The van der Waals surface area contributed by atoms with E-state index in [-0.39, 0.29) is 12.5 Å². The summed E-state index contributed by atoms with van der Waals surface area (Å²) in [5.74, 6) is 0.207. The van der Waals surface area contributed by atoms with Crippen molar-refractivity contribution >= 4 is 26.8 Å². The number of aliphatic hydroxyl groups excluding tert-OH is 1. The Morgan fingerprint density at radius 1 is 1.45 bits per heavy atom. The first-order valence-corrected chi connectivity index (χ1v) is 7.50. The summed E-state index contributed by atoms with van der Waals surface area (Å²) < 4.78 is 3.05. The molecule has 2 rings (SSSR count). The summed E-state index contributed by atoms with van der Waals surface area (Å²) in [6.07, 6.45) is 2.85. The first-order valence-electron chi connectivity index (χ1n) is 6.71. The summed E-state index contributed by atoms with van der Waals surface area (Å²) in [7, 11) is 0. The number of benzene rings is 1. The van der Waals surface area contributed by atoms with E-state index in [9.17, 15) is 10.4 Å². The molecule has 0 fully saturated rings. The molecule has 0 aliphatic heterocycles. The quantitative estimate of drug-likeness (QED) is 0.923. The zero-order valence-corrected chi connectivity index (χ0v) is 13.6. The van der Waals surface area contributed by atoms with Crippen molar-refractivity contribution in [2.24, 2.45) is 5.92 Å².